The van der Waals surface area contributed by atoms with Crippen molar-refractivity contribution in [2.45, 2.75) is 6.04 Å². The second-order valence-electron chi connectivity index (χ2n) is 4.35. The Morgan fingerprint density at radius 2 is 2.10 bits per heavy atom. The molecule has 0 fully saturated rings. The van der Waals surface area contributed by atoms with Crippen molar-refractivity contribution >= 4 is 17.5 Å². The van der Waals surface area contributed by atoms with E-state index in [1.165, 1.54) is 18.2 Å². The van der Waals surface area contributed by atoms with Crippen LogP contribution in [0.15, 0.2) is 30.0 Å². The van der Waals surface area contributed by atoms with Gasteiger partial charge in [0.25, 0.3) is 0 Å². The van der Waals surface area contributed by atoms with Crippen LogP contribution in [-0.2, 0) is 9.53 Å². The first kappa shape index (κ1) is 14.7. The standard InChI is InChI=1S/C14H13NO6/c1-21-14(20)9(6-16)15-8-5-11(18)12-7(13(8)19)3-2-4-10(12)17/h2-5,9,15-17H,6H2,1H3/t9-/m0/s1. The number of hydrogen-bond donors (Lipinski definition) is 3. The maximum atomic E-state index is 12.2. The lowest BCUT2D eigenvalue weighted by Crippen LogP contribution is -2.42. The number of hydrogen-bond acceptors (Lipinski definition) is 7. The lowest BCUT2D eigenvalue weighted by atomic mass is 9.91. The number of nitrogens with one attached hydrogen (secondary N) is 1. The zero-order valence-electron chi connectivity index (χ0n) is 11.1. The molecule has 0 aliphatic heterocycles. The molecule has 7 nitrogen and oxygen atoms in total. The lowest BCUT2D eigenvalue weighted by Gasteiger charge is -2.20. The number of aliphatic hydroxyl groups excluding tert-OH is 1. The summed E-state index contributed by atoms with van der Waals surface area (Å²) in [6.45, 7) is -0.599. The Morgan fingerprint density at radius 1 is 1.38 bits per heavy atom. The summed E-state index contributed by atoms with van der Waals surface area (Å²) in [5.41, 5.74) is -0.180. The molecule has 0 heterocycles. The van der Waals surface area contributed by atoms with Crippen LogP contribution in [0.4, 0.5) is 0 Å². The van der Waals surface area contributed by atoms with Crippen molar-refractivity contribution in [1.29, 1.82) is 0 Å². The molecule has 0 saturated carbocycles. The molecule has 0 bridgehead atoms. The maximum absolute atomic E-state index is 12.2. The molecule has 1 aromatic rings. The summed E-state index contributed by atoms with van der Waals surface area (Å²) in [5, 5.41) is 21.3. The van der Waals surface area contributed by atoms with Crippen molar-refractivity contribution in [2.75, 3.05) is 13.7 Å². The average molecular weight is 291 g/mol. The first-order chi connectivity index (χ1) is 9.99. The topological polar surface area (TPSA) is 113 Å². The van der Waals surface area contributed by atoms with Gasteiger partial charge in [0.05, 0.1) is 25.0 Å². The molecule has 1 aromatic carbocycles. The van der Waals surface area contributed by atoms with Crippen LogP contribution in [0, 0.1) is 0 Å². The molecule has 110 valence electrons. The minimum absolute atomic E-state index is 0.0338. The highest BCUT2D eigenvalue weighted by atomic mass is 16.5. The Kier molecular flexibility index (Phi) is 4.04. The molecule has 2 rings (SSSR count). The molecule has 0 unspecified atom stereocenters. The fourth-order valence-electron chi connectivity index (χ4n) is 2.02. The number of carbonyl (C=O) groups excluding carboxylic acids is 3. The molecular weight excluding hydrogens is 278 g/mol. The summed E-state index contributed by atoms with van der Waals surface area (Å²) in [6.07, 6.45) is 0.982. The number of benzene rings is 1. The van der Waals surface area contributed by atoms with Gasteiger partial charge in [-0.05, 0) is 12.1 Å². The number of aromatic hydroxyl groups is 1. The van der Waals surface area contributed by atoms with Crippen molar-refractivity contribution in [3.05, 3.63) is 41.1 Å². The van der Waals surface area contributed by atoms with E-state index < -0.39 is 30.2 Å². The summed E-state index contributed by atoms with van der Waals surface area (Å²) in [5.74, 6) is -2.16. The molecule has 21 heavy (non-hydrogen) atoms. The van der Waals surface area contributed by atoms with Gasteiger partial charge in [-0.15, -0.1) is 0 Å². The SMILES string of the molecule is COC(=O)[C@H](CO)NC1=CC(=O)c2c(O)cccc2C1=O. The van der Waals surface area contributed by atoms with Gasteiger partial charge in [-0.25, -0.2) is 4.79 Å². The number of rotatable bonds is 4. The Hall–Kier alpha value is -2.67. The first-order valence-corrected chi connectivity index (χ1v) is 6.07. The highest BCUT2D eigenvalue weighted by Crippen LogP contribution is 2.27. The van der Waals surface area contributed by atoms with Gasteiger partial charge in [-0.1, -0.05) is 6.07 Å². The van der Waals surface area contributed by atoms with E-state index in [1.807, 2.05) is 0 Å². The summed E-state index contributed by atoms with van der Waals surface area (Å²) >= 11 is 0. The largest absolute Gasteiger partial charge is 0.507 e. The fraction of sp³-hybridized carbons (Fsp3) is 0.214. The number of ketones is 2. The number of aliphatic hydroxyl groups is 1. The summed E-state index contributed by atoms with van der Waals surface area (Å²) in [7, 11) is 1.14. The number of phenolic OH excluding ortho intramolecular Hbond substituents is 1. The van der Waals surface area contributed by atoms with Crippen LogP contribution in [-0.4, -0.2) is 47.5 Å². The van der Waals surface area contributed by atoms with Crippen molar-refractivity contribution in [3.8, 4) is 5.75 Å². The molecule has 1 aliphatic carbocycles. The molecule has 0 spiro atoms. The monoisotopic (exact) mass is 291 g/mol. The van der Waals surface area contributed by atoms with Gasteiger partial charge in [0.15, 0.2) is 5.78 Å². The Balaban J connectivity index is 2.35. The fourth-order valence-corrected chi connectivity index (χ4v) is 2.02. The molecular formula is C14H13NO6. The smallest absolute Gasteiger partial charge is 0.330 e. The number of esters is 1. The van der Waals surface area contributed by atoms with E-state index >= 15 is 0 Å². The number of carbonyl (C=O) groups is 3. The van der Waals surface area contributed by atoms with E-state index in [2.05, 4.69) is 10.1 Å². The van der Waals surface area contributed by atoms with E-state index in [4.69, 9.17) is 5.11 Å². The third-order valence-corrected chi connectivity index (χ3v) is 3.05. The van der Waals surface area contributed by atoms with E-state index in [1.54, 1.807) is 0 Å². The molecule has 0 saturated heterocycles. The van der Waals surface area contributed by atoms with Gasteiger partial charge in [0.2, 0.25) is 5.78 Å². The molecule has 1 aliphatic rings. The minimum Gasteiger partial charge on any atom is -0.507 e. The number of fused-ring (bicyclic) bond motifs is 1. The van der Waals surface area contributed by atoms with Gasteiger partial charge in [-0.3, -0.25) is 9.59 Å². The van der Waals surface area contributed by atoms with Crippen LogP contribution in [0.25, 0.3) is 0 Å². The number of ether oxygens (including phenoxy) is 1. The molecule has 7 heteroatoms. The van der Waals surface area contributed by atoms with Gasteiger partial charge in [0, 0.05) is 11.6 Å². The van der Waals surface area contributed by atoms with Gasteiger partial charge >= 0.3 is 5.97 Å². The van der Waals surface area contributed by atoms with Gasteiger partial charge in [0.1, 0.15) is 11.8 Å². The Bertz CT molecular complexity index is 649. The first-order valence-electron chi connectivity index (χ1n) is 6.07. The summed E-state index contributed by atoms with van der Waals surface area (Å²) < 4.78 is 4.47. The van der Waals surface area contributed by atoms with E-state index in [-0.39, 0.29) is 22.6 Å². The average Bonchev–Trinajstić information content (AvgIpc) is 2.48. The zero-order valence-corrected chi connectivity index (χ0v) is 11.1. The van der Waals surface area contributed by atoms with Crippen LogP contribution in [0.2, 0.25) is 0 Å². The third kappa shape index (κ3) is 2.63. The van der Waals surface area contributed by atoms with Crippen molar-refractivity contribution in [2.24, 2.45) is 0 Å². The number of Topliss-reactive ketones (excluding diaryl/α,β-unsaturated/α-hetero) is 1. The quantitative estimate of drug-likeness (QED) is 0.657. The van der Waals surface area contributed by atoms with Crippen LogP contribution in [0.1, 0.15) is 20.7 Å². The van der Waals surface area contributed by atoms with Gasteiger partial charge in [-0.2, -0.15) is 0 Å². The number of phenols is 1. The van der Waals surface area contributed by atoms with Crippen LogP contribution in [0.5, 0.6) is 5.75 Å². The zero-order chi connectivity index (χ0) is 15.6. The number of allylic oxidation sites excluding steroid dienone is 2. The predicted molar refractivity (Wildman–Crippen MR) is 70.9 cm³/mol. The highest BCUT2D eigenvalue weighted by Gasteiger charge is 2.30. The molecule has 3 N–H and O–H groups in total. The Morgan fingerprint density at radius 3 is 2.71 bits per heavy atom. The van der Waals surface area contributed by atoms with Crippen LogP contribution < -0.4 is 5.32 Å². The summed E-state index contributed by atoms with van der Waals surface area (Å²) in [6, 6.07) is 2.99. The van der Waals surface area contributed by atoms with E-state index in [9.17, 15) is 19.5 Å². The second kappa shape index (κ2) is 5.76. The van der Waals surface area contributed by atoms with Crippen LogP contribution in [0.3, 0.4) is 0 Å². The van der Waals surface area contributed by atoms with E-state index in [0.29, 0.717) is 0 Å². The van der Waals surface area contributed by atoms with Crippen LogP contribution >= 0.6 is 0 Å². The van der Waals surface area contributed by atoms with Gasteiger partial charge < -0.3 is 20.3 Å². The minimum atomic E-state index is -1.16. The lowest BCUT2D eigenvalue weighted by molar-refractivity contribution is -0.143. The van der Waals surface area contributed by atoms with E-state index in [0.717, 1.165) is 13.2 Å². The van der Waals surface area contributed by atoms with Crippen molar-refractivity contribution < 1.29 is 29.3 Å². The normalized spacial score (nSPS) is 15.0. The number of methoxy groups -OCH3 is 1. The Labute approximate surface area is 119 Å². The third-order valence-electron chi connectivity index (χ3n) is 3.05. The van der Waals surface area contributed by atoms with Crippen molar-refractivity contribution in [3.63, 3.8) is 0 Å². The maximum Gasteiger partial charge on any atom is 0.330 e. The molecule has 1 atom stereocenters. The predicted octanol–water partition coefficient (Wildman–Crippen LogP) is -0.221. The molecule has 0 aromatic heterocycles. The summed E-state index contributed by atoms with van der Waals surface area (Å²) in [4.78, 5) is 35.6. The molecule has 0 amide bonds. The molecule has 0 radical (unpaired) electrons. The van der Waals surface area contributed by atoms with Crippen molar-refractivity contribution in [1.82, 2.24) is 5.32 Å². The highest BCUT2D eigenvalue weighted by molar-refractivity contribution is 6.25. The second-order valence-corrected chi connectivity index (χ2v) is 4.35.